The van der Waals surface area contributed by atoms with Crippen LogP contribution in [0.5, 0.6) is 11.5 Å². The monoisotopic (exact) mass is 382 g/mol. The molecule has 1 amide bonds. The summed E-state index contributed by atoms with van der Waals surface area (Å²) in [6, 6.07) is 10.9. The second-order valence-electron chi connectivity index (χ2n) is 4.22. The summed E-state index contributed by atoms with van der Waals surface area (Å²) >= 11 is 2.15. The van der Waals surface area contributed by atoms with Gasteiger partial charge in [0.15, 0.2) is 11.5 Å². The van der Waals surface area contributed by atoms with Crippen LogP contribution >= 0.6 is 22.6 Å². The van der Waals surface area contributed by atoms with Gasteiger partial charge in [0.25, 0.3) is 5.91 Å². The number of halogens is 1. The molecular weight excluding hydrogens is 371 g/mol. The Morgan fingerprint density at radius 2 is 2.05 bits per heavy atom. The largest absolute Gasteiger partial charge is 0.485 e. The van der Waals surface area contributed by atoms with Crippen LogP contribution in [0.15, 0.2) is 42.6 Å². The molecule has 5 nitrogen and oxygen atoms in total. The van der Waals surface area contributed by atoms with Crippen LogP contribution in [0.2, 0.25) is 0 Å². The van der Waals surface area contributed by atoms with Crippen LogP contribution in [-0.4, -0.2) is 23.6 Å². The number of carbonyl (C=O) groups excluding carboxylic acids is 1. The number of rotatable bonds is 2. The maximum Gasteiger partial charge on any atom is 0.270 e. The van der Waals surface area contributed by atoms with Gasteiger partial charge < -0.3 is 14.8 Å². The molecule has 6 heteroatoms. The zero-order chi connectivity index (χ0) is 13.9. The number of benzene rings is 1. The molecule has 0 aliphatic carbocycles. The standard InChI is InChI=1S/C14H11IN2O3/c15-9-5-6-13(16-7-9)17-14(18)12-8-19-10-3-1-2-4-11(10)20-12/h1-7,12H,8H2,(H,16,17,18). The summed E-state index contributed by atoms with van der Waals surface area (Å²) in [5.74, 6) is 1.46. The van der Waals surface area contributed by atoms with Gasteiger partial charge in [-0.3, -0.25) is 4.79 Å². The summed E-state index contributed by atoms with van der Waals surface area (Å²) in [5.41, 5.74) is 0. The lowest BCUT2D eigenvalue weighted by Crippen LogP contribution is -2.40. The Morgan fingerprint density at radius 1 is 1.25 bits per heavy atom. The third-order valence-electron chi connectivity index (χ3n) is 2.78. The van der Waals surface area contributed by atoms with Gasteiger partial charge in [-0.05, 0) is 46.9 Å². The average Bonchev–Trinajstić information content (AvgIpc) is 2.49. The fourth-order valence-electron chi connectivity index (χ4n) is 1.81. The third-order valence-corrected chi connectivity index (χ3v) is 3.42. The first kappa shape index (κ1) is 13.2. The molecule has 1 aromatic heterocycles. The number of hydrogen-bond acceptors (Lipinski definition) is 4. The third kappa shape index (κ3) is 2.84. The summed E-state index contributed by atoms with van der Waals surface area (Å²) in [5, 5.41) is 2.71. The van der Waals surface area contributed by atoms with E-state index in [0.29, 0.717) is 17.3 Å². The zero-order valence-electron chi connectivity index (χ0n) is 10.4. The minimum Gasteiger partial charge on any atom is -0.485 e. The van der Waals surface area contributed by atoms with Gasteiger partial charge >= 0.3 is 0 Å². The topological polar surface area (TPSA) is 60.5 Å². The van der Waals surface area contributed by atoms with E-state index in [9.17, 15) is 4.79 Å². The van der Waals surface area contributed by atoms with Crippen LogP contribution in [0.4, 0.5) is 5.82 Å². The van der Waals surface area contributed by atoms with Gasteiger partial charge in [0.05, 0.1) is 0 Å². The highest BCUT2D eigenvalue weighted by Gasteiger charge is 2.27. The number of nitrogens with one attached hydrogen (secondary N) is 1. The minimum atomic E-state index is -0.675. The van der Waals surface area contributed by atoms with E-state index in [4.69, 9.17) is 9.47 Å². The van der Waals surface area contributed by atoms with Crippen LogP contribution < -0.4 is 14.8 Å². The first-order valence-electron chi connectivity index (χ1n) is 6.03. The number of para-hydroxylation sites is 2. The summed E-state index contributed by atoms with van der Waals surface area (Å²) in [4.78, 5) is 16.2. The number of fused-ring (bicyclic) bond motifs is 1. The second kappa shape index (κ2) is 5.66. The molecule has 2 aromatic rings. The molecule has 0 saturated carbocycles. The predicted octanol–water partition coefficient (Wildman–Crippen LogP) is 2.46. The maximum atomic E-state index is 12.1. The Morgan fingerprint density at radius 3 is 2.80 bits per heavy atom. The predicted molar refractivity (Wildman–Crippen MR) is 81.9 cm³/mol. The van der Waals surface area contributed by atoms with Gasteiger partial charge in [0, 0.05) is 9.77 Å². The van der Waals surface area contributed by atoms with Gasteiger partial charge in [0.2, 0.25) is 6.10 Å². The van der Waals surface area contributed by atoms with Crippen molar-refractivity contribution in [2.75, 3.05) is 11.9 Å². The molecule has 1 unspecified atom stereocenters. The quantitative estimate of drug-likeness (QED) is 0.811. The van der Waals surface area contributed by atoms with Crippen molar-refractivity contribution < 1.29 is 14.3 Å². The van der Waals surface area contributed by atoms with Crippen LogP contribution in [-0.2, 0) is 4.79 Å². The van der Waals surface area contributed by atoms with Gasteiger partial charge in [0.1, 0.15) is 12.4 Å². The molecule has 0 radical (unpaired) electrons. The highest BCUT2D eigenvalue weighted by atomic mass is 127. The SMILES string of the molecule is O=C(Nc1ccc(I)cn1)C1COc2ccccc2O1. The highest BCUT2D eigenvalue weighted by molar-refractivity contribution is 14.1. The van der Waals surface area contributed by atoms with Crippen LogP contribution in [0, 0.1) is 3.57 Å². The van der Waals surface area contributed by atoms with Crippen molar-refractivity contribution in [2.45, 2.75) is 6.10 Å². The number of hydrogen-bond donors (Lipinski definition) is 1. The molecule has 0 fully saturated rings. The number of anilines is 1. The highest BCUT2D eigenvalue weighted by Crippen LogP contribution is 2.31. The Labute approximate surface area is 129 Å². The molecule has 1 atom stereocenters. The first-order valence-corrected chi connectivity index (χ1v) is 7.11. The van der Waals surface area contributed by atoms with E-state index in [0.717, 1.165) is 3.57 Å². The van der Waals surface area contributed by atoms with Crippen molar-refractivity contribution in [2.24, 2.45) is 0 Å². The average molecular weight is 382 g/mol. The summed E-state index contributed by atoms with van der Waals surface area (Å²) in [6.45, 7) is 0.188. The van der Waals surface area contributed by atoms with Crippen molar-refractivity contribution in [3.05, 3.63) is 46.2 Å². The fourth-order valence-corrected chi connectivity index (χ4v) is 2.12. The van der Waals surface area contributed by atoms with E-state index < -0.39 is 6.10 Å². The molecule has 1 aromatic carbocycles. The number of carbonyl (C=O) groups is 1. The molecule has 3 rings (SSSR count). The molecule has 1 aliphatic rings. The number of aromatic nitrogens is 1. The molecule has 1 aliphatic heterocycles. The van der Waals surface area contributed by atoms with E-state index in [1.807, 2.05) is 24.3 Å². The summed E-state index contributed by atoms with van der Waals surface area (Å²) < 4.78 is 12.1. The lowest BCUT2D eigenvalue weighted by Gasteiger charge is -2.25. The summed E-state index contributed by atoms with van der Waals surface area (Å²) in [6.07, 6.45) is 1.01. The van der Waals surface area contributed by atoms with Crippen molar-refractivity contribution in [3.63, 3.8) is 0 Å². The molecule has 1 N–H and O–H groups in total. The molecule has 102 valence electrons. The number of pyridine rings is 1. The Bertz CT molecular complexity index is 631. The van der Waals surface area contributed by atoms with Gasteiger partial charge in [-0.15, -0.1) is 0 Å². The zero-order valence-corrected chi connectivity index (χ0v) is 12.5. The lowest BCUT2D eigenvalue weighted by molar-refractivity contribution is -0.125. The van der Waals surface area contributed by atoms with Crippen LogP contribution in [0.25, 0.3) is 0 Å². The minimum absolute atomic E-state index is 0.188. The van der Waals surface area contributed by atoms with Gasteiger partial charge in [-0.2, -0.15) is 0 Å². The van der Waals surface area contributed by atoms with E-state index in [1.54, 1.807) is 18.3 Å². The fraction of sp³-hybridized carbons (Fsp3) is 0.143. The van der Waals surface area contributed by atoms with Crippen molar-refractivity contribution in [1.29, 1.82) is 0 Å². The number of ether oxygens (including phenoxy) is 2. The Balaban J connectivity index is 1.68. The number of amides is 1. The molecule has 20 heavy (non-hydrogen) atoms. The first-order chi connectivity index (χ1) is 9.72. The molecule has 2 heterocycles. The normalized spacial score (nSPS) is 16.6. The molecule has 0 spiro atoms. The van der Waals surface area contributed by atoms with Gasteiger partial charge in [-0.25, -0.2) is 4.98 Å². The van der Waals surface area contributed by atoms with E-state index in [1.165, 1.54) is 0 Å². The summed E-state index contributed by atoms with van der Waals surface area (Å²) in [7, 11) is 0. The van der Waals surface area contributed by atoms with E-state index in [2.05, 4.69) is 32.9 Å². The van der Waals surface area contributed by atoms with Crippen LogP contribution in [0.1, 0.15) is 0 Å². The lowest BCUT2D eigenvalue weighted by atomic mass is 10.2. The number of nitrogens with zero attached hydrogens (tertiary/aromatic N) is 1. The Hall–Kier alpha value is -1.83. The van der Waals surface area contributed by atoms with E-state index in [-0.39, 0.29) is 12.5 Å². The molecule has 0 saturated heterocycles. The van der Waals surface area contributed by atoms with Crippen LogP contribution in [0.3, 0.4) is 0 Å². The second-order valence-corrected chi connectivity index (χ2v) is 5.46. The van der Waals surface area contributed by atoms with Gasteiger partial charge in [-0.1, -0.05) is 12.1 Å². The van der Waals surface area contributed by atoms with E-state index >= 15 is 0 Å². The van der Waals surface area contributed by atoms with Crippen molar-refractivity contribution >= 4 is 34.3 Å². The van der Waals surface area contributed by atoms with Crippen molar-refractivity contribution in [1.82, 2.24) is 4.98 Å². The Kier molecular flexibility index (Phi) is 3.72. The smallest absolute Gasteiger partial charge is 0.270 e. The molecule has 0 bridgehead atoms. The maximum absolute atomic E-state index is 12.1. The molecular formula is C14H11IN2O3. The van der Waals surface area contributed by atoms with Crippen molar-refractivity contribution in [3.8, 4) is 11.5 Å².